The molecule has 0 aliphatic heterocycles. The largest absolute Gasteiger partial charge is 0.467 e. The molecule has 5 heteroatoms. The molecular formula is C13H14ClNO2S. The minimum Gasteiger partial charge on any atom is -0.467 e. The van der Waals surface area contributed by atoms with Gasteiger partial charge in [-0.3, -0.25) is 0 Å². The zero-order chi connectivity index (χ0) is 13.1. The van der Waals surface area contributed by atoms with E-state index in [0.29, 0.717) is 5.02 Å². The maximum absolute atomic E-state index is 6.04. The second-order valence-corrected chi connectivity index (χ2v) is 5.49. The van der Waals surface area contributed by atoms with E-state index in [1.165, 1.54) is 4.88 Å². The van der Waals surface area contributed by atoms with Crippen molar-refractivity contribution in [3.8, 4) is 16.3 Å². The van der Waals surface area contributed by atoms with Crippen LogP contribution in [-0.2, 0) is 4.74 Å². The van der Waals surface area contributed by atoms with Crippen LogP contribution in [0.25, 0.3) is 10.6 Å². The summed E-state index contributed by atoms with van der Waals surface area (Å²) in [6.45, 7) is 4.25. The Morgan fingerprint density at radius 3 is 2.72 bits per heavy atom. The number of hydrogen-bond donors (Lipinski definition) is 0. The molecule has 0 N–H and O–H groups in total. The third-order valence-corrected chi connectivity index (χ3v) is 3.87. The SMILES string of the molecule is COCOc1ccc(Cl)cc1-c1nc(C)c(C)s1. The molecule has 2 rings (SSSR count). The molecule has 0 saturated heterocycles. The van der Waals surface area contributed by atoms with Gasteiger partial charge in [-0.2, -0.15) is 0 Å². The van der Waals surface area contributed by atoms with Crippen molar-refractivity contribution >= 4 is 22.9 Å². The Bertz CT molecular complexity index is 534. The molecule has 0 amide bonds. The fourth-order valence-electron chi connectivity index (χ4n) is 1.51. The first-order valence-electron chi connectivity index (χ1n) is 5.47. The number of ether oxygens (including phenoxy) is 2. The van der Waals surface area contributed by atoms with E-state index in [-0.39, 0.29) is 6.79 Å². The number of aryl methyl sites for hydroxylation is 2. The second kappa shape index (κ2) is 5.69. The molecule has 2 aromatic rings. The van der Waals surface area contributed by atoms with Crippen molar-refractivity contribution in [2.75, 3.05) is 13.9 Å². The smallest absolute Gasteiger partial charge is 0.188 e. The summed E-state index contributed by atoms with van der Waals surface area (Å²) in [5.74, 6) is 0.731. The minimum atomic E-state index is 0.206. The molecule has 1 aromatic carbocycles. The minimum absolute atomic E-state index is 0.206. The third kappa shape index (κ3) is 2.83. The van der Waals surface area contributed by atoms with Crippen LogP contribution in [0, 0.1) is 13.8 Å². The Balaban J connectivity index is 2.43. The summed E-state index contributed by atoms with van der Waals surface area (Å²) in [6.07, 6.45) is 0. The van der Waals surface area contributed by atoms with Crippen molar-refractivity contribution in [1.29, 1.82) is 0 Å². The van der Waals surface area contributed by atoms with Crippen molar-refractivity contribution in [2.24, 2.45) is 0 Å². The Labute approximate surface area is 115 Å². The molecule has 1 aromatic heterocycles. The van der Waals surface area contributed by atoms with Crippen LogP contribution in [0.2, 0.25) is 5.02 Å². The van der Waals surface area contributed by atoms with Gasteiger partial charge < -0.3 is 9.47 Å². The topological polar surface area (TPSA) is 31.4 Å². The van der Waals surface area contributed by atoms with Crippen molar-refractivity contribution in [3.63, 3.8) is 0 Å². The van der Waals surface area contributed by atoms with Crippen LogP contribution >= 0.6 is 22.9 Å². The van der Waals surface area contributed by atoms with Gasteiger partial charge >= 0.3 is 0 Å². The van der Waals surface area contributed by atoms with Crippen LogP contribution < -0.4 is 4.74 Å². The normalized spacial score (nSPS) is 10.7. The molecule has 96 valence electrons. The van der Waals surface area contributed by atoms with Crippen LogP contribution in [0.4, 0.5) is 0 Å². The fraction of sp³-hybridized carbons (Fsp3) is 0.308. The van der Waals surface area contributed by atoms with E-state index in [2.05, 4.69) is 11.9 Å². The Morgan fingerprint density at radius 2 is 2.11 bits per heavy atom. The molecular weight excluding hydrogens is 270 g/mol. The predicted octanol–water partition coefficient (Wildman–Crippen LogP) is 4.06. The van der Waals surface area contributed by atoms with Crippen LogP contribution in [-0.4, -0.2) is 18.9 Å². The third-order valence-electron chi connectivity index (χ3n) is 2.53. The quantitative estimate of drug-likeness (QED) is 0.793. The van der Waals surface area contributed by atoms with Crippen LogP contribution in [0.3, 0.4) is 0 Å². The van der Waals surface area contributed by atoms with Crippen LogP contribution in [0.1, 0.15) is 10.6 Å². The van der Waals surface area contributed by atoms with Crippen molar-refractivity contribution in [3.05, 3.63) is 33.8 Å². The van der Waals surface area contributed by atoms with Crippen molar-refractivity contribution in [1.82, 2.24) is 4.98 Å². The molecule has 0 saturated carbocycles. The number of aromatic nitrogens is 1. The number of methoxy groups -OCH3 is 1. The first kappa shape index (κ1) is 13.3. The maximum Gasteiger partial charge on any atom is 0.188 e. The van der Waals surface area contributed by atoms with E-state index in [9.17, 15) is 0 Å². The van der Waals surface area contributed by atoms with Gasteiger partial charge in [0.1, 0.15) is 10.8 Å². The number of benzene rings is 1. The van der Waals surface area contributed by atoms with Crippen molar-refractivity contribution in [2.45, 2.75) is 13.8 Å². The van der Waals surface area contributed by atoms with Gasteiger partial charge in [0.15, 0.2) is 6.79 Å². The van der Waals surface area contributed by atoms with E-state index in [4.69, 9.17) is 21.1 Å². The lowest BCUT2D eigenvalue weighted by Gasteiger charge is -2.09. The first-order valence-corrected chi connectivity index (χ1v) is 6.67. The molecule has 1 heterocycles. The van der Waals surface area contributed by atoms with Gasteiger partial charge in [0.05, 0.1) is 11.3 Å². The summed E-state index contributed by atoms with van der Waals surface area (Å²) in [7, 11) is 1.59. The lowest BCUT2D eigenvalue weighted by atomic mass is 10.2. The number of hydrogen-bond acceptors (Lipinski definition) is 4. The molecule has 0 fully saturated rings. The highest BCUT2D eigenvalue weighted by molar-refractivity contribution is 7.15. The van der Waals surface area contributed by atoms with Gasteiger partial charge in [-0.25, -0.2) is 4.98 Å². The Morgan fingerprint density at radius 1 is 1.33 bits per heavy atom. The number of halogens is 1. The maximum atomic E-state index is 6.04. The van der Waals surface area contributed by atoms with Gasteiger partial charge in [-0.15, -0.1) is 11.3 Å². The number of nitrogens with zero attached hydrogens (tertiary/aromatic N) is 1. The van der Waals surface area contributed by atoms with E-state index in [1.54, 1.807) is 24.5 Å². The van der Waals surface area contributed by atoms with Gasteiger partial charge in [-0.05, 0) is 32.0 Å². The zero-order valence-corrected chi connectivity index (χ0v) is 12.1. The van der Waals surface area contributed by atoms with Crippen molar-refractivity contribution < 1.29 is 9.47 Å². The van der Waals surface area contributed by atoms with Crippen LogP contribution in [0.5, 0.6) is 5.75 Å². The molecule has 0 bridgehead atoms. The molecule has 0 atom stereocenters. The summed E-state index contributed by atoms with van der Waals surface area (Å²) in [5.41, 5.74) is 1.94. The van der Waals surface area contributed by atoms with Gasteiger partial charge in [-0.1, -0.05) is 11.6 Å². The number of rotatable bonds is 4. The average molecular weight is 284 g/mol. The monoisotopic (exact) mass is 283 g/mol. The predicted molar refractivity (Wildman–Crippen MR) is 74.5 cm³/mol. The van der Waals surface area contributed by atoms with Gasteiger partial charge in [0, 0.05) is 17.0 Å². The average Bonchev–Trinajstić information content (AvgIpc) is 2.68. The van der Waals surface area contributed by atoms with Gasteiger partial charge in [0.2, 0.25) is 0 Å². The highest BCUT2D eigenvalue weighted by Crippen LogP contribution is 2.36. The summed E-state index contributed by atoms with van der Waals surface area (Å²) in [6, 6.07) is 5.50. The molecule has 0 unspecified atom stereocenters. The molecule has 0 aliphatic carbocycles. The Hall–Kier alpha value is -1.10. The van der Waals surface area contributed by atoms with Gasteiger partial charge in [0.25, 0.3) is 0 Å². The number of thiazole rings is 1. The fourth-order valence-corrected chi connectivity index (χ4v) is 2.61. The second-order valence-electron chi connectivity index (χ2n) is 3.85. The van der Waals surface area contributed by atoms with E-state index >= 15 is 0 Å². The lowest BCUT2D eigenvalue weighted by molar-refractivity contribution is 0.0515. The lowest BCUT2D eigenvalue weighted by Crippen LogP contribution is -2.00. The summed E-state index contributed by atoms with van der Waals surface area (Å²) in [5, 5.41) is 1.58. The summed E-state index contributed by atoms with van der Waals surface area (Å²) in [4.78, 5) is 5.73. The molecule has 0 aliphatic rings. The molecule has 18 heavy (non-hydrogen) atoms. The van der Waals surface area contributed by atoms with Crippen LogP contribution in [0.15, 0.2) is 18.2 Å². The summed E-state index contributed by atoms with van der Waals surface area (Å²) >= 11 is 7.67. The highest BCUT2D eigenvalue weighted by Gasteiger charge is 2.12. The van der Waals surface area contributed by atoms with E-state index in [0.717, 1.165) is 22.0 Å². The Kier molecular flexibility index (Phi) is 4.22. The highest BCUT2D eigenvalue weighted by atomic mass is 35.5. The zero-order valence-electron chi connectivity index (χ0n) is 10.5. The molecule has 3 nitrogen and oxygen atoms in total. The summed E-state index contributed by atoms with van der Waals surface area (Å²) < 4.78 is 10.5. The molecule has 0 spiro atoms. The molecule has 0 radical (unpaired) electrons. The van der Waals surface area contributed by atoms with E-state index < -0.39 is 0 Å². The first-order chi connectivity index (χ1) is 8.61. The van der Waals surface area contributed by atoms with E-state index in [1.807, 2.05) is 19.1 Å². The standard InChI is InChI=1S/C13H14ClNO2S/c1-8-9(2)18-13(15-8)11-6-10(14)4-5-12(11)17-7-16-3/h4-6H,7H2,1-3H3.